The molecule has 100 valence electrons. The highest BCUT2D eigenvalue weighted by Gasteiger charge is 2.44. The van der Waals surface area contributed by atoms with Gasteiger partial charge in [-0.2, -0.15) is 0 Å². The standard InChI is InChI=1S/C15H17FN2S/c16-15(7-10-5-6-11(8-15)17-10)9-14-18-12-3-1-2-4-13(12)19-14/h1-4,10-11,17H,5-9H2. The largest absolute Gasteiger partial charge is 0.311 e. The maximum atomic E-state index is 15.1. The maximum absolute atomic E-state index is 15.1. The van der Waals surface area contributed by atoms with Crippen molar-refractivity contribution in [2.45, 2.75) is 49.9 Å². The zero-order chi connectivity index (χ0) is 12.9. The fourth-order valence-electron chi connectivity index (χ4n) is 3.60. The Morgan fingerprint density at radius 1 is 1.26 bits per heavy atom. The van der Waals surface area contributed by atoms with Crippen molar-refractivity contribution in [1.82, 2.24) is 10.3 Å². The minimum atomic E-state index is -1.05. The van der Waals surface area contributed by atoms with E-state index in [-0.39, 0.29) is 0 Å². The third-order valence-corrected chi connectivity index (χ3v) is 5.40. The van der Waals surface area contributed by atoms with Gasteiger partial charge in [0, 0.05) is 18.5 Å². The molecule has 2 nitrogen and oxygen atoms in total. The van der Waals surface area contributed by atoms with Gasteiger partial charge in [0.15, 0.2) is 0 Å². The zero-order valence-electron chi connectivity index (χ0n) is 10.7. The number of fused-ring (bicyclic) bond motifs is 3. The second-order valence-electron chi connectivity index (χ2n) is 5.95. The second kappa shape index (κ2) is 4.25. The number of nitrogens with zero attached hydrogens (tertiary/aromatic N) is 1. The third kappa shape index (κ3) is 2.17. The Bertz CT molecular complexity index is 564. The summed E-state index contributed by atoms with van der Waals surface area (Å²) in [6.07, 6.45) is 4.06. The Hall–Kier alpha value is -1.00. The third-order valence-electron chi connectivity index (χ3n) is 4.37. The van der Waals surface area contributed by atoms with E-state index < -0.39 is 5.67 Å². The van der Waals surface area contributed by atoms with Crippen molar-refractivity contribution >= 4 is 21.6 Å². The van der Waals surface area contributed by atoms with E-state index in [4.69, 9.17) is 0 Å². The summed E-state index contributed by atoms with van der Waals surface area (Å²) in [5.41, 5.74) is -0.0479. The molecule has 19 heavy (non-hydrogen) atoms. The van der Waals surface area contributed by atoms with Crippen LogP contribution in [0.5, 0.6) is 0 Å². The summed E-state index contributed by atoms with van der Waals surface area (Å²) in [5, 5.41) is 4.45. The molecule has 4 heteroatoms. The van der Waals surface area contributed by atoms with Crippen LogP contribution in [0.2, 0.25) is 0 Å². The second-order valence-corrected chi connectivity index (χ2v) is 7.06. The number of rotatable bonds is 2. The van der Waals surface area contributed by atoms with Gasteiger partial charge < -0.3 is 5.32 Å². The van der Waals surface area contributed by atoms with Crippen molar-refractivity contribution in [3.63, 3.8) is 0 Å². The molecule has 2 aliphatic heterocycles. The highest BCUT2D eigenvalue weighted by molar-refractivity contribution is 7.18. The Balaban J connectivity index is 1.60. The quantitative estimate of drug-likeness (QED) is 0.908. The molecule has 2 bridgehead atoms. The van der Waals surface area contributed by atoms with Gasteiger partial charge in [0.2, 0.25) is 0 Å². The van der Waals surface area contributed by atoms with Gasteiger partial charge in [-0.1, -0.05) is 12.1 Å². The van der Waals surface area contributed by atoms with Gasteiger partial charge in [0.25, 0.3) is 0 Å². The smallest absolute Gasteiger partial charge is 0.120 e. The first-order valence-electron chi connectivity index (χ1n) is 7.00. The molecule has 0 radical (unpaired) electrons. The van der Waals surface area contributed by atoms with Crippen molar-refractivity contribution < 1.29 is 4.39 Å². The summed E-state index contributed by atoms with van der Waals surface area (Å²) >= 11 is 1.64. The van der Waals surface area contributed by atoms with Gasteiger partial charge in [-0.05, 0) is 37.8 Å². The number of aromatic nitrogens is 1. The van der Waals surface area contributed by atoms with Crippen molar-refractivity contribution in [3.05, 3.63) is 29.3 Å². The lowest BCUT2D eigenvalue weighted by Crippen LogP contribution is -2.47. The first-order valence-corrected chi connectivity index (χ1v) is 7.81. The molecular weight excluding hydrogens is 259 g/mol. The molecule has 2 aromatic rings. The number of thiazole rings is 1. The number of hydrogen-bond acceptors (Lipinski definition) is 3. The Morgan fingerprint density at radius 3 is 2.74 bits per heavy atom. The molecule has 2 saturated heterocycles. The average Bonchev–Trinajstić information content (AvgIpc) is 2.91. The van der Waals surface area contributed by atoms with Crippen molar-refractivity contribution in [2.24, 2.45) is 0 Å². The van der Waals surface area contributed by atoms with Crippen LogP contribution in [0.25, 0.3) is 10.2 Å². The van der Waals surface area contributed by atoms with Crippen LogP contribution in [-0.4, -0.2) is 22.7 Å². The molecule has 2 aliphatic rings. The van der Waals surface area contributed by atoms with Crippen LogP contribution in [0, 0.1) is 0 Å². The van der Waals surface area contributed by atoms with Crippen LogP contribution < -0.4 is 5.32 Å². The molecule has 2 fully saturated rings. The molecular formula is C15H17FN2S. The van der Waals surface area contributed by atoms with Crippen LogP contribution in [-0.2, 0) is 6.42 Å². The number of hydrogen-bond donors (Lipinski definition) is 1. The van der Waals surface area contributed by atoms with Gasteiger partial charge >= 0.3 is 0 Å². The molecule has 0 aliphatic carbocycles. The fourth-order valence-corrected chi connectivity index (χ4v) is 4.70. The normalized spacial score (nSPS) is 33.9. The van der Waals surface area contributed by atoms with Crippen LogP contribution >= 0.6 is 11.3 Å². The molecule has 1 N–H and O–H groups in total. The summed E-state index contributed by atoms with van der Waals surface area (Å²) < 4.78 is 16.2. The van der Waals surface area contributed by atoms with Gasteiger partial charge in [-0.25, -0.2) is 9.37 Å². The summed E-state index contributed by atoms with van der Waals surface area (Å²) in [6, 6.07) is 8.85. The van der Waals surface area contributed by atoms with Gasteiger partial charge in [-0.15, -0.1) is 11.3 Å². The molecule has 1 aromatic carbocycles. The van der Waals surface area contributed by atoms with Crippen LogP contribution in [0.3, 0.4) is 0 Å². The lowest BCUT2D eigenvalue weighted by atomic mass is 9.87. The zero-order valence-corrected chi connectivity index (χ0v) is 11.5. The number of nitrogens with one attached hydrogen (secondary N) is 1. The van der Waals surface area contributed by atoms with E-state index >= 15 is 4.39 Å². The Kier molecular flexibility index (Phi) is 2.64. The summed E-state index contributed by atoms with van der Waals surface area (Å²) in [6.45, 7) is 0. The lowest BCUT2D eigenvalue weighted by molar-refractivity contribution is 0.0893. The summed E-state index contributed by atoms with van der Waals surface area (Å²) in [4.78, 5) is 4.58. The predicted molar refractivity (Wildman–Crippen MR) is 76.3 cm³/mol. The maximum Gasteiger partial charge on any atom is 0.120 e. The highest BCUT2D eigenvalue weighted by Crippen LogP contribution is 2.39. The molecule has 0 saturated carbocycles. The van der Waals surface area contributed by atoms with Gasteiger partial charge in [0.05, 0.1) is 15.2 Å². The number of benzene rings is 1. The fraction of sp³-hybridized carbons (Fsp3) is 0.533. The number of para-hydroxylation sites is 1. The van der Waals surface area contributed by atoms with Gasteiger partial charge in [-0.3, -0.25) is 0 Å². The summed E-state index contributed by atoms with van der Waals surface area (Å²) in [5.74, 6) is 0. The molecule has 2 unspecified atom stereocenters. The SMILES string of the molecule is FC1(Cc2nc3ccccc3s2)CC2CCC(C1)N2. The van der Waals surface area contributed by atoms with Gasteiger partial charge in [0.1, 0.15) is 5.67 Å². The number of halogens is 1. The average molecular weight is 276 g/mol. The minimum absolute atomic E-state index is 0.387. The summed E-state index contributed by atoms with van der Waals surface area (Å²) in [7, 11) is 0. The first-order chi connectivity index (χ1) is 9.20. The minimum Gasteiger partial charge on any atom is -0.311 e. The topological polar surface area (TPSA) is 24.9 Å². The Morgan fingerprint density at radius 2 is 2.00 bits per heavy atom. The van der Waals surface area contributed by atoms with E-state index in [9.17, 15) is 0 Å². The number of alkyl halides is 1. The van der Waals surface area contributed by atoms with Crippen LogP contribution in [0.15, 0.2) is 24.3 Å². The molecule has 0 spiro atoms. The van der Waals surface area contributed by atoms with Crippen molar-refractivity contribution in [3.8, 4) is 0 Å². The van der Waals surface area contributed by atoms with Crippen LogP contribution in [0.4, 0.5) is 4.39 Å². The van der Waals surface area contributed by atoms with Crippen LogP contribution in [0.1, 0.15) is 30.7 Å². The molecule has 2 atom stereocenters. The molecule has 0 amide bonds. The van der Waals surface area contributed by atoms with E-state index in [1.807, 2.05) is 18.2 Å². The first kappa shape index (κ1) is 11.8. The molecule has 4 rings (SSSR count). The van der Waals surface area contributed by atoms with E-state index in [0.29, 0.717) is 31.3 Å². The number of piperidine rings is 1. The lowest BCUT2D eigenvalue weighted by Gasteiger charge is -2.34. The van der Waals surface area contributed by atoms with E-state index in [2.05, 4.69) is 16.4 Å². The van der Waals surface area contributed by atoms with Crippen molar-refractivity contribution in [1.29, 1.82) is 0 Å². The van der Waals surface area contributed by atoms with E-state index in [0.717, 1.165) is 28.1 Å². The van der Waals surface area contributed by atoms with E-state index in [1.165, 1.54) is 0 Å². The molecule has 1 aromatic heterocycles. The Labute approximate surface area is 116 Å². The monoisotopic (exact) mass is 276 g/mol. The molecule has 3 heterocycles. The predicted octanol–water partition coefficient (Wildman–Crippen LogP) is 3.46. The van der Waals surface area contributed by atoms with Crippen molar-refractivity contribution in [2.75, 3.05) is 0 Å². The van der Waals surface area contributed by atoms with E-state index in [1.54, 1.807) is 11.3 Å². The highest BCUT2D eigenvalue weighted by atomic mass is 32.1.